The summed E-state index contributed by atoms with van der Waals surface area (Å²) >= 11 is 6.19. The summed E-state index contributed by atoms with van der Waals surface area (Å²) in [6, 6.07) is 4.18. The molecule has 2 nitrogen and oxygen atoms in total. The maximum Gasteiger partial charge on any atom is 0.0503 e. The highest BCUT2D eigenvalue weighted by Gasteiger charge is 2.19. The van der Waals surface area contributed by atoms with Crippen LogP contribution >= 0.6 is 11.6 Å². The van der Waals surface area contributed by atoms with E-state index in [1.165, 1.54) is 35.0 Å². The first-order valence-electron chi connectivity index (χ1n) is 6.64. The van der Waals surface area contributed by atoms with Crippen LogP contribution in [0.5, 0.6) is 0 Å². The SMILES string of the molecule is Cc1[nH]c2c(C)c(Cl)ccc2c1CC1CCNC1. The molecule has 0 aliphatic carbocycles. The predicted molar refractivity (Wildman–Crippen MR) is 77.5 cm³/mol. The van der Waals surface area contributed by atoms with Crippen LogP contribution < -0.4 is 5.32 Å². The molecule has 1 aliphatic heterocycles. The molecule has 1 saturated heterocycles. The summed E-state index contributed by atoms with van der Waals surface area (Å²) < 4.78 is 0. The molecular weight excluding hydrogens is 244 g/mol. The zero-order valence-corrected chi connectivity index (χ0v) is 11.7. The second-order valence-corrected chi connectivity index (χ2v) is 5.79. The number of H-pyrrole nitrogens is 1. The number of aryl methyl sites for hydroxylation is 2. The Balaban J connectivity index is 2.05. The number of hydrogen-bond donors (Lipinski definition) is 2. The molecule has 0 bridgehead atoms. The molecule has 3 rings (SSSR count). The van der Waals surface area contributed by atoms with Gasteiger partial charge in [0.1, 0.15) is 0 Å². The van der Waals surface area contributed by atoms with Crippen LogP contribution in [0.4, 0.5) is 0 Å². The summed E-state index contributed by atoms with van der Waals surface area (Å²) in [5.41, 5.74) is 5.13. The van der Waals surface area contributed by atoms with Gasteiger partial charge in [-0.2, -0.15) is 0 Å². The Morgan fingerprint density at radius 2 is 2.17 bits per heavy atom. The van der Waals surface area contributed by atoms with Gasteiger partial charge in [0.2, 0.25) is 0 Å². The fraction of sp³-hybridized carbons (Fsp3) is 0.467. The van der Waals surface area contributed by atoms with Gasteiger partial charge in [0, 0.05) is 16.1 Å². The van der Waals surface area contributed by atoms with Gasteiger partial charge in [-0.15, -0.1) is 0 Å². The van der Waals surface area contributed by atoms with Crippen molar-refractivity contribution in [2.24, 2.45) is 5.92 Å². The average Bonchev–Trinajstić information content (AvgIpc) is 2.95. The Morgan fingerprint density at radius 3 is 2.89 bits per heavy atom. The van der Waals surface area contributed by atoms with Gasteiger partial charge in [0.15, 0.2) is 0 Å². The van der Waals surface area contributed by atoms with Crippen LogP contribution in [0, 0.1) is 19.8 Å². The summed E-state index contributed by atoms with van der Waals surface area (Å²) in [4.78, 5) is 3.51. The van der Waals surface area contributed by atoms with E-state index in [1.807, 2.05) is 6.07 Å². The maximum absolute atomic E-state index is 6.19. The standard InChI is InChI=1S/C15H19ClN2/c1-9-14(16)4-3-12-13(10(2)18-15(9)12)7-11-5-6-17-8-11/h3-4,11,17-18H,5-8H2,1-2H3. The van der Waals surface area contributed by atoms with Gasteiger partial charge < -0.3 is 10.3 Å². The molecule has 0 saturated carbocycles. The van der Waals surface area contributed by atoms with Gasteiger partial charge in [-0.1, -0.05) is 17.7 Å². The van der Waals surface area contributed by atoms with E-state index < -0.39 is 0 Å². The molecule has 1 fully saturated rings. The van der Waals surface area contributed by atoms with Gasteiger partial charge >= 0.3 is 0 Å². The van der Waals surface area contributed by atoms with Crippen molar-refractivity contribution in [1.82, 2.24) is 10.3 Å². The van der Waals surface area contributed by atoms with Crippen molar-refractivity contribution in [3.8, 4) is 0 Å². The third-order valence-electron chi connectivity index (χ3n) is 4.14. The molecule has 2 aromatic rings. The van der Waals surface area contributed by atoms with E-state index in [1.54, 1.807) is 0 Å². The van der Waals surface area contributed by atoms with Gasteiger partial charge in [-0.3, -0.25) is 0 Å². The number of hydrogen-bond acceptors (Lipinski definition) is 1. The monoisotopic (exact) mass is 262 g/mol. The van der Waals surface area contributed by atoms with Crippen molar-refractivity contribution >= 4 is 22.5 Å². The zero-order valence-electron chi connectivity index (χ0n) is 10.9. The van der Waals surface area contributed by atoms with E-state index in [0.717, 1.165) is 29.6 Å². The Bertz CT molecular complexity index is 580. The Hall–Kier alpha value is -0.990. The normalized spacial score (nSPS) is 19.8. The van der Waals surface area contributed by atoms with E-state index in [-0.39, 0.29) is 0 Å². The smallest absolute Gasteiger partial charge is 0.0503 e. The first-order chi connectivity index (χ1) is 8.66. The molecule has 0 spiro atoms. The molecule has 0 amide bonds. The topological polar surface area (TPSA) is 27.8 Å². The van der Waals surface area contributed by atoms with Gasteiger partial charge in [-0.05, 0) is 62.9 Å². The molecule has 1 aromatic heterocycles. The van der Waals surface area contributed by atoms with Gasteiger partial charge in [0.25, 0.3) is 0 Å². The van der Waals surface area contributed by atoms with E-state index in [4.69, 9.17) is 11.6 Å². The highest BCUT2D eigenvalue weighted by Crippen LogP contribution is 2.31. The number of halogens is 1. The van der Waals surface area contributed by atoms with Crippen molar-refractivity contribution in [2.75, 3.05) is 13.1 Å². The van der Waals surface area contributed by atoms with Crippen LogP contribution in [-0.4, -0.2) is 18.1 Å². The number of fused-ring (bicyclic) bond motifs is 1. The minimum atomic E-state index is 0.777. The molecule has 2 heterocycles. The molecule has 1 atom stereocenters. The number of aromatic nitrogens is 1. The number of nitrogens with one attached hydrogen (secondary N) is 2. The minimum Gasteiger partial charge on any atom is -0.358 e. The molecule has 2 N–H and O–H groups in total. The van der Waals surface area contributed by atoms with Crippen LogP contribution in [0.2, 0.25) is 5.02 Å². The zero-order chi connectivity index (χ0) is 12.7. The van der Waals surface area contributed by atoms with E-state index >= 15 is 0 Å². The quantitative estimate of drug-likeness (QED) is 0.851. The fourth-order valence-electron chi connectivity index (χ4n) is 3.00. The third kappa shape index (κ3) is 1.94. The molecule has 0 radical (unpaired) electrons. The summed E-state index contributed by atoms with van der Waals surface area (Å²) in [6.07, 6.45) is 2.46. The first kappa shape index (κ1) is 12.1. The van der Waals surface area contributed by atoms with Crippen molar-refractivity contribution in [2.45, 2.75) is 26.7 Å². The molecule has 1 aliphatic rings. The lowest BCUT2D eigenvalue weighted by Gasteiger charge is -2.08. The van der Waals surface area contributed by atoms with Crippen LogP contribution in [0.3, 0.4) is 0 Å². The first-order valence-corrected chi connectivity index (χ1v) is 7.01. The van der Waals surface area contributed by atoms with Crippen molar-refractivity contribution in [3.05, 3.63) is 34.0 Å². The van der Waals surface area contributed by atoms with Crippen molar-refractivity contribution < 1.29 is 0 Å². The van der Waals surface area contributed by atoms with Crippen LogP contribution in [-0.2, 0) is 6.42 Å². The van der Waals surface area contributed by atoms with Crippen molar-refractivity contribution in [1.29, 1.82) is 0 Å². The molecule has 18 heavy (non-hydrogen) atoms. The Labute approximate surface area is 113 Å². The molecule has 1 unspecified atom stereocenters. The largest absolute Gasteiger partial charge is 0.358 e. The Morgan fingerprint density at radius 1 is 1.33 bits per heavy atom. The average molecular weight is 263 g/mol. The molecular formula is C15H19ClN2. The highest BCUT2D eigenvalue weighted by molar-refractivity contribution is 6.32. The number of aromatic amines is 1. The third-order valence-corrected chi connectivity index (χ3v) is 4.55. The van der Waals surface area contributed by atoms with E-state index in [9.17, 15) is 0 Å². The summed E-state index contributed by atoms with van der Waals surface area (Å²) in [5.74, 6) is 0.777. The molecule has 1 aromatic carbocycles. The molecule has 96 valence electrons. The number of benzene rings is 1. The van der Waals surface area contributed by atoms with Crippen LogP contribution in [0.15, 0.2) is 12.1 Å². The summed E-state index contributed by atoms with van der Waals surface area (Å²) in [6.45, 7) is 6.57. The van der Waals surface area contributed by atoms with E-state index in [0.29, 0.717) is 0 Å². The lowest BCUT2D eigenvalue weighted by atomic mass is 9.96. The van der Waals surface area contributed by atoms with Crippen LogP contribution in [0.1, 0.15) is 23.2 Å². The molecule has 3 heteroatoms. The predicted octanol–water partition coefficient (Wildman–Crippen LogP) is 3.59. The lowest BCUT2D eigenvalue weighted by Crippen LogP contribution is -2.11. The van der Waals surface area contributed by atoms with E-state index in [2.05, 4.69) is 30.2 Å². The van der Waals surface area contributed by atoms with Gasteiger partial charge in [-0.25, -0.2) is 0 Å². The summed E-state index contributed by atoms with van der Waals surface area (Å²) in [5, 5.41) is 5.64. The Kier molecular flexibility index (Phi) is 3.08. The highest BCUT2D eigenvalue weighted by atomic mass is 35.5. The van der Waals surface area contributed by atoms with Crippen LogP contribution in [0.25, 0.3) is 10.9 Å². The second kappa shape index (κ2) is 4.60. The van der Waals surface area contributed by atoms with Gasteiger partial charge in [0.05, 0.1) is 5.52 Å². The van der Waals surface area contributed by atoms with Crippen molar-refractivity contribution in [3.63, 3.8) is 0 Å². The number of rotatable bonds is 2. The minimum absolute atomic E-state index is 0.777. The maximum atomic E-state index is 6.19. The second-order valence-electron chi connectivity index (χ2n) is 5.39. The summed E-state index contributed by atoms with van der Waals surface area (Å²) in [7, 11) is 0. The fourth-order valence-corrected chi connectivity index (χ4v) is 3.16. The lowest BCUT2D eigenvalue weighted by molar-refractivity contribution is 0.580.